The van der Waals surface area contributed by atoms with Gasteiger partial charge in [-0.15, -0.1) is 0 Å². The number of halogens is 2. The van der Waals surface area contributed by atoms with Crippen molar-refractivity contribution in [3.8, 4) is 11.5 Å². The molecule has 238 valence electrons. The van der Waals surface area contributed by atoms with E-state index in [1.54, 1.807) is 0 Å². The number of phenols is 1. The third kappa shape index (κ3) is 5.85. The molecule has 2 unspecified atom stereocenters. The lowest BCUT2D eigenvalue weighted by molar-refractivity contribution is 0.0976. The largest absolute Gasteiger partial charge is 0.506 e. The highest BCUT2D eigenvalue weighted by Crippen LogP contribution is 2.53. The number of anilines is 2. The zero-order chi connectivity index (χ0) is 32.6. The molecule has 0 saturated heterocycles. The first-order valence-corrected chi connectivity index (χ1v) is 16.8. The molecular formula is C36H34F2N2O5S. The number of amides is 1. The monoisotopic (exact) mass is 644 g/mol. The highest BCUT2D eigenvalue weighted by atomic mass is 32.2. The van der Waals surface area contributed by atoms with Crippen LogP contribution < -0.4 is 15.0 Å². The van der Waals surface area contributed by atoms with Crippen molar-refractivity contribution in [1.82, 2.24) is 0 Å². The molecule has 0 aromatic heterocycles. The lowest BCUT2D eigenvalue weighted by Gasteiger charge is -2.39. The van der Waals surface area contributed by atoms with Crippen LogP contribution in [0, 0.1) is 17.0 Å². The van der Waals surface area contributed by atoms with Gasteiger partial charge in [0, 0.05) is 17.3 Å². The van der Waals surface area contributed by atoms with Crippen LogP contribution >= 0.6 is 0 Å². The summed E-state index contributed by atoms with van der Waals surface area (Å²) in [5.41, 5.74) is 0.154. The first kappa shape index (κ1) is 31.3. The Morgan fingerprint density at radius 2 is 1.74 bits per heavy atom. The van der Waals surface area contributed by atoms with Crippen molar-refractivity contribution in [3.05, 3.63) is 130 Å². The minimum Gasteiger partial charge on any atom is -0.506 e. The van der Waals surface area contributed by atoms with Gasteiger partial charge in [0.25, 0.3) is 5.91 Å². The summed E-state index contributed by atoms with van der Waals surface area (Å²) in [6.07, 6.45) is 1.60. The molecule has 4 aromatic carbocycles. The summed E-state index contributed by atoms with van der Waals surface area (Å²) in [7, 11) is -4.15. The number of aromatic hydroxyl groups is 1. The fourth-order valence-corrected chi connectivity index (χ4v) is 8.98. The molecule has 2 aliphatic heterocycles. The number of fused-ring (bicyclic) bond motifs is 1. The predicted octanol–water partition coefficient (Wildman–Crippen LogP) is 7.90. The van der Waals surface area contributed by atoms with E-state index in [0.717, 1.165) is 29.0 Å². The highest BCUT2D eigenvalue weighted by Gasteiger charge is 2.49. The maximum atomic E-state index is 16.4. The highest BCUT2D eigenvalue weighted by molar-refractivity contribution is 7.95. The Morgan fingerprint density at radius 1 is 1.00 bits per heavy atom. The second-order valence-corrected chi connectivity index (χ2v) is 14.1. The molecule has 1 amide bonds. The van der Waals surface area contributed by atoms with Gasteiger partial charge < -0.3 is 15.2 Å². The van der Waals surface area contributed by atoms with Crippen LogP contribution in [0.3, 0.4) is 0 Å². The van der Waals surface area contributed by atoms with E-state index in [0.29, 0.717) is 6.42 Å². The van der Waals surface area contributed by atoms with Gasteiger partial charge in [0.2, 0.25) is 0 Å². The maximum Gasteiger partial charge on any atom is 0.262 e. The number of benzene rings is 4. The van der Waals surface area contributed by atoms with E-state index in [-0.39, 0.29) is 63.4 Å². The van der Waals surface area contributed by atoms with Gasteiger partial charge in [-0.05, 0) is 60.2 Å². The number of nitrogens with zero attached hydrogens (tertiary/aromatic N) is 1. The van der Waals surface area contributed by atoms with Crippen LogP contribution in [0.25, 0.3) is 0 Å². The summed E-state index contributed by atoms with van der Waals surface area (Å²) in [5.74, 6) is -2.80. The Morgan fingerprint density at radius 3 is 2.46 bits per heavy atom. The number of sulfone groups is 1. The van der Waals surface area contributed by atoms with Gasteiger partial charge in [0.15, 0.2) is 9.84 Å². The summed E-state index contributed by atoms with van der Waals surface area (Å²) in [4.78, 5) is 15.3. The first-order valence-electron chi connectivity index (χ1n) is 15.1. The van der Waals surface area contributed by atoms with Gasteiger partial charge in [0.05, 0.1) is 21.9 Å². The summed E-state index contributed by atoms with van der Waals surface area (Å²) in [5, 5.41) is 14.2. The molecule has 46 heavy (non-hydrogen) atoms. The van der Waals surface area contributed by atoms with Crippen LogP contribution in [-0.4, -0.2) is 25.2 Å². The Kier molecular flexibility index (Phi) is 8.33. The first-order chi connectivity index (χ1) is 22.0. The molecule has 0 radical (unpaired) electrons. The topological polar surface area (TPSA) is 95.9 Å². The SMILES string of the molecule is CCCC1(C)CC2=C(C(c3ccc(OCc4ccccc4)cc3F)N(C(=O)c3ccccc3F)c3cccc(O)c3N2)S(=O)(=O)C1. The minimum atomic E-state index is -4.15. The molecular weight excluding hydrogens is 610 g/mol. The normalized spacial score (nSPS) is 20.3. The summed E-state index contributed by atoms with van der Waals surface area (Å²) >= 11 is 0. The molecule has 0 bridgehead atoms. The van der Waals surface area contributed by atoms with Crippen LogP contribution in [0.15, 0.2) is 102 Å². The molecule has 0 aliphatic carbocycles. The van der Waals surface area contributed by atoms with Crippen molar-refractivity contribution < 1.29 is 31.8 Å². The van der Waals surface area contributed by atoms with Crippen molar-refractivity contribution in [3.63, 3.8) is 0 Å². The van der Waals surface area contributed by atoms with Crippen LogP contribution in [0.5, 0.6) is 11.5 Å². The number of carbonyl (C=O) groups excluding carboxylic acids is 1. The number of rotatable bonds is 7. The molecule has 2 atom stereocenters. The summed E-state index contributed by atoms with van der Waals surface area (Å²) < 4.78 is 66.1. The molecule has 2 heterocycles. The summed E-state index contributed by atoms with van der Waals surface area (Å²) in [6, 6.07) is 21.6. The third-order valence-corrected chi connectivity index (χ3v) is 10.7. The van der Waals surface area contributed by atoms with Gasteiger partial charge in [-0.25, -0.2) is 17.2 Å². The smallest absolute Gasteiger partial charge is 0.262 e. The van der Waals surface area contributed by atoms with Gasteiger partial charge in [-0.2, -0.15) is 0 Å². The van der Waals surface area contributed by atoms with E-state index >= 15 is 8.78 Å². The Balaban J connectivity index is 1.57. The number of hydrogen-bond acceptors (Lipinski definition) is 6. The average Bonchev–Trinajstić information content (AvgIpc) is 3.15. The van der Waals surface area contributed by atoms with E-state index in [1.807, 2.05) is 44.2 Å². The van der Waals surface area contributed by atoms with Crippen molar-refractivity contribution in [1.29, 1.82) is 0 Å². The van der Waals surface area contributed by atoms with Crippen molar-refractivity contribution in [2.75, 3.05) is 16.0 Å². The van der Waals surface area contributed by atoms with Crippen LogP contribution in [-0.2, 0) is 16.4 Å². The minimum absolute atomic E-state index is 0.0707. The lowest BCUT2D eigenvalue weighted by atomic mass is 9.82. The molecule has 0 spiro atoms. The number of carbonyl (C=O) groups is 1. The standard InChI is InChI=1S/C36H34F2N2O5S/c1-3-18-36(2)20-29-34(46(43,44)22-36)33(25-17-16-24(19-28(25)38)45-21-23-10-5-4-6-11-23)40(30-14-9-15-31(41)32(30)39-29)35(42)26-12-7-8-13-27(26)37/h4-17,19,33,39,41H,3,18,20-22H2,1-2H3. The zero-order valence-electron chi connectivity index (χ0n) is 25.5. The lowest BCUT2D eigenvalue weighted by Crippen LogP contribution is -2.42. The Hall–Kier alpha value is -4.70. The average molecular weight is 645 g/mol. The van der Waals surface area contributed by atoms with Crippen molar-refractivity contribution >= 4 is 27.1 Å². The van der Waals surface area contributed by atoms with E-state index in [2.05, 4.69) is 5.32 Å². The summed E-state index contributed by atoms with van der Waals surface area (Å²) in [6.45, 7) is 4.03. The number of phenolic OH excluding ortho intramolecular Hbond substituents is 1. The van der Waals surface area contributed by atoms with Crippen molar-refractivity contribution in [2.45, 2.75) is 45.8 Å². The molecule has 0 fully saturated rings. The fraction of sp³-hybridized carbons (Fsp3) is 0.250. The van der Waals surface area contributed by atoms with Gasteiger partial charge in [-0.3, -0.25) is 9.69 Å². The van der Waals surface area contributed by atoms with E-state index in [1.165, 1.54) is 48.5 Å². The zero-order valence-corrected chi connectivity index (χ0v) is 26.3. The molecule has 10 heteroatoms. The van der Waals surface area contributed by atoms with Crippen LogP contribution in [0.1, 0.15) is 60.6 Å². The van der Waals surface area contributed by atoms with Gasteiger partial charge >= 0.3 is 0 Å². The third-order valence-electron chi connectivity index (χ3n) is 8.53. The maximum absolute atomic E-state index is 16.4. The number of nitrogens with one attached hydrogen (secondary N) is 1. The second-order valence-electron chi connectivity index (χ2n) is 12.2. The quantitative estimate of drug-likeness (QED) is 0.199. The van der Waals surface area contributed by atoms with Crippen LogP contribution in [0.2, 0.25) is 0 Å². The van der Waals surface area contributed by atoms with E-state index in [4.69, 9.17) is 4.74 Å². The Labute approximate surface area is 267 Å². The molecule has 7 nitrogen and oxygen atoms in total. The predicted molar refractivity (Wildman–Crippen MR) is 173 cm³/mol. The molecule has 4 aromatic rings. The fourth-order valence-electron chi connectivity index (χ4n) is 6.59. The van der Waals surface area contributed by atoms with E-state index < -0.39 is 38.8 Å². The van der Waals surface area contributed by atoms with Gasteiger partial charge in [-0.1, -0.05) is 68.8 Å². The second kappa shape index (κ2) is 12.2. The molecule has 2 aliphatic rings. The van der Waals surface area contributed by atoms with E-state index in [9.17, 15) is 18.3 Å². The van der Waals surface area contributed by atoms with Gasteiger partial charge in [0.1, 0.15) is 41.5 Å². The molecule has 2 N–H and O–H groups in total. The molecule has 0 saturated carbocycles. The number of hydrogen-bond donors (Lipinski definition) is 2. The number of para-hydroxylation sites is 1. The molecule has 6 rings (SSSR count). The van der Waals surface area contributed by atoms with Crippen LogP contribution in [0.4, 0.5) is 20.2 Å². The Bertz CT molecular complexity index is 1950. The number of allylic oxidation sites excluding steroid dienone is 1. The number of ether oxygens (including phenoxy) is 1. The van der Waals surface area contributed by atoms with Crippen molar-refractivity contribution in [2.24, 2.45) is 5.41 Å².